The number of carbonyl (C=O) groups excluding carboxylic acids is 1. The van der Waals surface area contributed by atoms with E-state index in [1.54, 1.807) is 18.2 Å². The molecule has 1 atom stereocenters. The SMILES string of the molecule is O=C(Cc1cccc(Cl)c1)NC1CCOc2ccc(F)cc21. The average molecular weight is 320 g/mol. The van der Waals surface area contributed by atoms with Crippen LogP contribution in [0, 0.1) is 5.82 Å². The average Bonchev–Trinajstić information content (AvgIpc) is 2.48. The van der Waals surface area contributed by atoms with E-state index in [0.29, 0.717) is 29.4 Å². The number of hydrogen-bond acceptors (Lipinski definition) is 2. The maximum Gasteiger partial charge on any atom is 0.224 e. The van der Waals surface area contributed by atoms with Gasteiger partial charge in [0, 0.05) is 17.0 Å². The molecule has 3 nitrogen and oxygen atoms in total. The molecule has 0 saturated heterocycles. The number of fused-ring (bicyclic) bond motifs is 1. The molecule has 1 heterocycles. The van der Waals surface area contributed by atoms with Gasteiger partial charge in [-0.1, -0.05) is 23.7 Å². The van der Waals surface area contributed by atoms with E-state index in [1.165, 1.54) is 12.1 Å². The standard InChI is InChI=1S/C17H15ClFNO2/c18-12-3-1-2-11(8-12)9-17(21)20-15-6-7-22-16-5-4-13(19)10-14(15)16/h1-5,8,10,15H,6-7,9H2,(H,20,21). The molecule has 1 N–H and O–H groups in total. The summed E-state index contributed by atoms with van der Waals surface area (Å²) in [5.41, 5.74) is 1.53. The van der Waals surface area contributed by atoms with Crippen LogP contribution in [0.3, 0.4) is 0 Å². The third kappa shape index (κ3) is 3.39. The Morgan fingerprint density at radius 3 is 3.00 bits per heavy atom. The number of amides is 1. The number of nitrogens with one attached hydrogen (secondary N) is 1. The van der Waals surface area contributed by atoms with Crippen molar-refractivity contribution in [2.75, 3.05) is 6.61 Å². The Hall–Kier alpha value is -2.07. The van der Waals surface area contributed by atoms with Gasteiger partial charge >= 0.3 is 0 Å². The van der Waals surface area contributed by atoms with Crippen molar-refractivity contribution >= 4 is 17.5 Å². The normalized spacial score (nSPS) is 16.5. The Kier molecular flexibility index (Phi) is 4.29. The molecular formula is C17H15ClFNO2. The van der Waals surface area contributed by atoms with Crippen LogP contribution in [-0.2, 0) is 11.2 Å². The molecule has 1 aliphatic rings. The third-order valence-electron chi connectivity index (χ3n) is 3.60. The van der Waals surface area contributed by atoms with Gasteiger partial charge in [-0.15, -0.1) is 0 Å². The van der Waals surface area contributed by atoms with Gasteiger partial charge in [0.25, 0.3) is 0 Å². The molecule has 0 saturated carbocycles. The minimum atomic E-state index is -0.335. The number of benzene rings is 2. The Labute approximate surface area is 133 Å². The summed E-state index contributed by atoms with van der Waals surface area (Å²) < 4.78 is 18.9. The van der Waals surface area contributed by atoms with Crippen LogP contribution in [0.15, 0.2) is 42.5 Å². The van der Waals surface area contributed by atoms with Crippen LogP contribution in [0.4, 0.5) is 4.39 Å². The van der Waals surface area contributed by atoms with E-state index in [4.69, 9.17) is 16.3 Å². The minimum absolute atomic E-state index is 0.121. The lowest BCUT2D eigenvalue weighted by molar-refractivity contribution is -0.121. The molecule has 2 aromatic carbocycles. The van der Waals surface area contributed by atoms with E-state index in [9.17, 15) is 9.18 Å². The lowest BCUT2D eigenvalue weighted by atomic mass is 10.00. The first kappa shape index (κ1) is 14.9. The molecule has 2 aromatic rings. The van der Waals surface area contributed by atoms with E-state index in [0.717, 1.165) is 5.56 Å². The van der Waals surface area contributed by atoms with E-state index in [1.807, 2.05) is 12.1 Å². The van der Waals surface area contributed by atoms with Crippen LogP contribution in [-0.4, -0.2) is 12.5 Å². The van der Waals surface area contributed by atoms with Crippen molar-refractivity contribution in [2.45, 2.75) is 18.9 Å². The predicted octanol–water partition coefficient (Wildman–Crippen LogP) is 3.66. The number of hydrogen-bond donors (Lipinski definition) is 1. The predicted molar refractivity (Wildman–Crippen MR) is 82.6 cm³/mol. The molecular weight excluding hydrogens is 305 g/mol. The zero-order valence-corrected chi connectivity index (χ0v) is 12.6. The highest BCUT2D eigenvalue weighted by atomic mass is 35.5. The molecule has 0 radical (unpaired) electrons. The molecule has 1 unspecified atom stereocenters. The molecule has 5 heteroatoms. The Balaban J connectivity index is 1.71. The smallest absolute Gasteiger partial charge is 0.224 e. The molecule has 1 amide bonds. The largest absolute Gasteiger partial charge is 0.493 e. The highest BCUT2D eigenvalue weighted by Crippen LogP contribution is 2.32. The van der Waals surface area contributed by atoms with Gasteiger partial charge in [-0.05, 0) is 35.9 Å². The zero-order chi connectivity index (χ0) is 15.5. The topological polar surface area (TPSA) is 38.3 Å². The van der Waals surface area contributed by atoms with E-state index < -0.39 is 0 Å². The first-order valence-electron chi connectivity index (χ1n) is 7.08. The van der Waals surface area contributed by atoms with Gasteiger partial charge in [0.2, 0.25) is 5.91 Å². The van der Waals surface area contributed by atoms with E-state index >= 15 is 0 Å². The molecule has 22 heavy (non-hydrogen) atoms. The van der Waals surface area contributed by atoms with Crippen molar-refractivity contribution in [1.29, 1.82) is 0 Å². The van der Waals surface area contributed by atoms with Crippen molar-refractivity contribution in [3.63, 3.8) is 0 Å². The van der Waals surface area contributed by atoms with E-state index in [-0.39, 0.29) is 24.2 Å². The summed E-state index contributed by atoms with van der Waals surface area (Å²) in [5, 5.41) is 3.54. The summed E-state index contributed by atoms with van der Waals surface area (Å²) in [6.07, 6.45) is 0.861. The van der Waals surface area contributed by atoms with Crippen LogP contribution in [0.2, 0.25) is 5.02 Å². The highest BCUT2D eigenvalue weighted by molar-refractivity contribution is 6.30. The minimum Gasteiger partial charge on any atom is -0.493 e. The van der Waals surface area contributed by atoms with Gasteiger partial charge in [-0.2, -0.15) is 0 Å². The molecule has 0 spiro atoms. The van der Waals surface area contributed by atoms with Crippen molar-refractivity contribution in [1.82, 2.24) is 5.32 Å². The molecule has 0 bridgehead atoms. The second kappa shape index (κ2) is 6.36. The van der Waals surface area contributed by atoms with Crippen molar-refractivity contribution in [3.05, 3.63) is 64.4 Å². The Bertz CT molecular complexity index is 705. The van der Waals surface area contributed by atoms with Crippen LogP contribution in [0.5, 0.6) is 5.75 Å². The molecule has 0 aliphatic carbocycles. The number of rotatable bonds is 3. The van der Waals surface area contributed by atoms with Crippen molar-refractivity contribution in [2.24, 2.45) is 0 Å². The summed E-state index contributed by atoms with van der Waals surface area (Å²) in [7, 11) is 0. The van der Waals surface area contributed by atoms with E-state index in [2.05, 4.69) is 5.32 Å². The van der Waals surface area contributed by atoms with Crippen molar-refractivity contribution in [3.8, 4) is 5.75 Å². The molecule has 114 valence electrons. The summed E-state index contributed by atoms with van der Waals surface area (Å²) in [6, 6.07) is 11.3. The highest BCUT2D eigenvalue weighted by Gasteiger charge is 2.23. The second-order valence-corrected chi connectivity index (χ2v) is 5.68. The fourth-order valence-corrected chi connectivity index (χ4v) is 2.81. The van der Waals surface area contributed by atoms with Gasteiger partial charge in [0.05, 0.1) is 19.1 Å². The summed E-state index contributed by atoms with van der Waals surface area (Å²) in [6.45, 7) is 0.501. The Morgan fingerprint density at radius 1 is 1.32 bits per heavy atom. The van der Waals surface area contributed by atoms with Gasteiger partial charge in [0.1, 0.15) is 11.6 Å². The van der Waals surface area contributed by atoms with Gasteiger partial charge < -0.3 is 10.1 Å². The Morgan fingerprint density at radius 2 is 2.18 bits per heavy atom. The van der Waals surface area contributed by atoms with Crippen LogP contribution in [0.1, 0.15) is 23.6 Å². The van der Waals surface area contributed by atoms with Crippen LogP contribution >= 0.6 is 11.6 Å². The van der Waals surface area contributed by atoms with Gasteiger partial charge in [-0.25, -0.2) is 4.39 Å². The fourth-order valence-electron chi connectivity index (χ4n) is 2.59. The second-order valence-electron chi connectivity index (χ2n) is 5.25. The van der Waals surface area contributed by atoms with Crippen molar-refractivity contribution < 1.29 is 13.9 Å². The third-order valence-corrected chi connectivity index (χ3v) is 3.84. The maximum absolute atomic E-state index is 13.4. The molecule has 0 aromatic heterocycles. The number of carbonyl (C=O) groups is 1. The number of halogens is 2. The molecule has 0 fully saturated rings. The quantitative estimate of drug-likeness (QED) is 0.937. The molecule has 3 rings (SSSR count). The fraction of sp³-hybridized carbons (Fsp3) is 0.235. The van der Waals surface area contributed by atoms with Crippen LogP contribution < -0.4 is 10.1 Å². The first-order chi connectivity index (χ1) is 10.6. The number of ether oxygens (including phenoxy) is 1. The zero-order valence-electron chi connectivity index (χ0n) is 11.8. The lowest BCUT2D eigenvalue weighted by Crippen LogP contribution is -2.33. The molecule has 1 aliphatic heterocycles. The first-order valence-corrected chi connectivity index (χ1v) is 7.45. The van der Waals surface area contributed by atoms with Gasteiger partial charge in [-0.3, -0.25) is 4.79 Å². The summed E-state index contributed by atoms with van der Waals surface area (Å²) in [5.74, 6) is 0.170. The summed E-state index contributed by atoms with van der Waals surface area (Å²) in [4.78, 5) is 12.2. The van der Waals surface area contributed by atoms with Gasteiger partial charge in [0.15, 0.2) is 0 Å². The monoisotopic (exact) mass is 319 g/mol. The summed E-state index contributed by atoms with van der Waals surface area (Å²) >= 11 is 5.91. The van der Waals surface area contributed by atoms with Crippen LogP contribution in [0.25, 0.3) is 0 Å². The lowest BCUT2D eigenvalue weighted by Gasteiger charge is -2.26. The maximum atomic E-state index is 13.4.